The number of phenols is 1. The summed E-state index contributed by atoms with van der Waals surface area (Å²) in [6.45, 7) is 2.08. The van der Waals surface area contributed by atoms with Crippen LogP contribution in [-0.2, 0) is 6.18 Å². The first-order valence-electron chi connectivity index (χ1n) is 6.80. The first-order chi connectivity index (χ1) is 9.89. The first kappa shape index (κ1) is 15.4. The summed E-state index contributed by atoms with van der Waals surface area (Å²) >= 11 is 0. The van der Waals surface area contributed by atoms with Crippen molar-refractivity contribution in [1.82, 2.24) is 0 Å². The van der Waals surface area contributed by atoms with E-state index < -0.39 is 11.7 Å². The third-order valence-electron chi connectivity index (χ3n) is 3.31. The van der Waals surface area contributed by atoms with Crippen molar-refractivity contribution in [2.24, 2.45) is 0 Å². The Morgan fingerprint density at radius 2 is 1.57 bits per heavy atom. The van der Waals surface area contributed by atoms with Gasteiger partial charge in [-0.2, -0.15) is 13.2 Å². The molecule has 1 fully saturated rings. The highest BCUT2D eigenvalue weighted by molar-refractivity contribution is 5.45. The fourth-order valence-electron chi connectivity index (χ4n) is 2.14. The highest BCUT2D eigenvalue weighted by Crippen LogP contribution is 2.49. The topological polar surface area (TPSA) is 20.2 Å². The van der Waals surface area contributed by atoms with E-state index in [9.17, 15) is 18.3 Å². The molecule has 0 heterocycles. The molecule has 0 aromatic heterocycles. The Hall–Kier alpha value is -1.97. The molecular formula is C17H17F3O. The lowest BCUT2D eigenvalue weighted by molar-refractivity contribution is -0.138. The zero-order chi connectivity index (χ0) is 15.5. The summed E-state index contributed by atoms with van der Waals surface area (Å²) in [5.74, 6) is -0.338. The van der Waals surface area contributed by atoms with Crippen molar-refractivity contribution in [1.29, 1.82) is 0 Å². The van der Waals surface area contributed by atoms with E-state index in [0.29, 0.717) is 0 Å². The third-order valence-corrected chi connectivity index (χ3v) is 3.31. The maximum absolute atomic E-state index is 12.5. The Morgan fingerprint density at radius 3 is 2.00 bits per heavy atom. The summed E-state index contributed by atoms with van der Waals surface area (Å²) in [7, 11) is 0. The fraction of sp³-hybridized carbons (Fsp3) is 0.294. The van der Waals surface area contributed by atoms with Gasteiger partial charge in [0.1, 0.15) is 5.75 Å². The van der Waals surface area contributed by atoms with Crippen LogP contribution in [0.3, 0.4) is 0 Å². The summed E-state index contributed by atoms with van der Waals surface area (Å²) in [4.78, 5) is 0. The molecule has 1 saturated carbocycles. The van der Waals surface area contributed by atoms with Gasteiger partial charge in [-0.3, -0.25) is 0 Å². The second-order valence-corrected chi connectivity index (χ2v) is 5.17. The van der Waals surface area contributed by atoms with Gasteiger partial charge in [-0.15, -0.1) is 0 Å². The highest BCUT2D eigenvalue weighted by Gasteiger charge is 2.39. The van der Waals surface area contributed by atoms with Gasteiger partial charge in [-0.05, 0) is 37.8 Å². The van der Waals surface area contributed by atoms with Crippen LogP contribution in [0.4, 0.5) is 13.2 Å². The Kier molecular flexibility index (Phi) is 4.56. The zero-order valence-electron chi connectivity index (χ0n) is 11.7. The lowest BCUT2D eigenvalue weighted by atomic mass is 10.0. The van der Waals surface area contributed by atoms with Crippen molar-refractivity contribution in [3.8, 4) is 5.75 Å². The standard InChI is InChI=1S/C10H9F3O.C7H8/c11-10(12,13)7-2-1-3-8(14)9(7)6-4-5-6;1-7-5-3-2-4-6-7/h1-3,6,14H,4-5H2;2-6H,1H3. The molecule has 2 aromatic rings. The number of aryl methyl sites for hydroxylation is 1. The van der Waals surface area contributed by atoms with E-state index in [-0.39, 0.29) is 17.2 Å². The van der Waals surface area contributed by atoms with Crippen LogP contribution < -0.4 is 0 Å². The van der Waals surface area contributed by atoms with E-state index in [1.54, 1.807) is 0 Å². The van der Waals surface area contributed by atoms with Gasteiger partial charge < -0.3 is 5.11 Å². The molecule has 2 aromatic carbocycles. The number of hydrogen-bond donors (Lipinski definition) is 1. The van der Waals surface area contributed by atoms with E-state index in [0.717, 1.165) is 18.9 Å². The molecule has 112 valence electrons. The van der Waals surface area contributed by atoms with Crippen molar-refractivity contribution in [2.45, 2.75) is 31.9 Å². The maximum atomic E-state index is 12.5. The van der Waals surface area contributed by atoms with E-state index >= 15 is 0 Å². The molecule has 1 aliphatic carbocycles. The van der Waals surface area contributed by atoms with Crippen LogP contribution in [0.15, 0.2) is 48.5 Å². The second kappa shape index (κ2) is 6.20. The Labute approximate surface area is 122 Å². The molecule has 1 N–H and O–H groups in total. The summed E-state index contributed by atoms with van der Waals surface area (Å²) < 4.78 is 37.5. The summed E-state index contributed by atoms with van der Waals surface area (Å²) in [6.07, 6.45) is -2.89. The average molecular weight is 294 g/mol. The quantitative estimate of drug-likeness (QED) is 0.758. The van der Waals surface area contributed by atoms with Crippen LogP contribution in [0.1, 0.15) is 35.4 Å². The fourth-order valence-corrected chi connectivity index (χ4v) is 2.14. The largest absolute Gasteiger partial charge is 0.508 e. The van der Waals surface area contributed by atoms with E-state index in [2.05, 4.69) is 19.1 Å². The van der Waals surface area contributed by atoms with Gasteiger partial charge in [0.15, 0.2) is 0 Å². The number of alkyl halides is 3. The lowest BCUT2D eigenvalue weighted by Crippen LogP contribution is -2.08. The molecule has 1 aliphatic rings. The van der Waals surface area contributed by atoms with Crippen LogP contribution in [0.2, 0.25) is 0 Å². The Morgan fingerprint density at radius 1 is 0.952 bits per heavy atom. The van der Waals surface area contributed by atoms with Gasteiger partial charge in [-0.25, -0.2) is 0 Å². The van der Waals surface area contributed by atoms with Crippen molar-refractivity contribution in [3.05, 3.63) is 65.2 Å². The predicted molar refractivity (Wildman–Crippen MR) is 76.3 cm³/mol. The van der Waals surface area contributed by atoms with Gasteiger partial charge in [0.2, 0.25) is 0 Å². The van der Waals surface area contributed by atoms with Crippen LogP contribution >= 0.6 is 0 Å². The molecule has 4 heteroatoms. The smallest absolute Gasteiger partial charge is 0.416 e. The first-order valence-corrected chi connectivity index (χ1v) is 6.80. The van der Waals surface area contributed by atoms with Gasteiger partial charge in [0.05, 0.1) is 5.56 Å². The second-order valence-electron chi connectivity index (χ2n) is 5.17. The third kappa shape index (κ3) is 4.25. The number of hydrogen-bond acceptors (Lipinski definition) is 1. The molecule has 0 spiro atoms. The zero-order valence-corrected chi connectivity index (χ0v) is 11.7. The molecule has 1 nitrogen and oxygen atoms in total. The van der Waals surface area contributed by atoms with Gasteiger partial charge >= 0.3 is 6.18 Å². The Balaban J connectivity index is 0.000000194. The molecule has 0 unspecified atom stereocenters. The van der Waals surface area contributed by atoms with E-state index in [1.165, 1.54) is 17.7 Å². The number of aromatic hydroxyl groups is 1. The minimum absolute atomic E-state index is 0.0694. The van der Waals surface area contributed by atoms with Gasteiger partial charge in [-0.1, -0.05) is 42.0 Å². The van der Waals surface area contributed by atoms with Crippen molar-refractivity contribution in [3.63, 3.8) is 0 Å². The van der Waals surface area contributed by atoms with E-state index in [1.807, 2.05) is 18.2 Å². The maximum Gasteiger partial charge on any atom is 0.416 e. The number of rotatable bonds is 1. The van der Waals surface area contributed by atoms with Crippen molar-refractivity contribution >= 4 is 0 Å². The van der Waals surface area contributed by atoms with E-state index in [4.69, 9.17) is 0 Å². The summed E-state index contributed by atoms with van der Waals surface area (Å²) in [5.41, 5.74) is 0.697. The molecule has 0 atom stereocenters. The monoisotopic (exact) mass is 294 g/mol. The van der Waals surface area contributed by atoms with Crippen LogP contribution in [0.25, 0.3) is 0 Å². The number of halogens is 3. The van der Waals surface area contributed by atoms with Crippen LogP contribution in [-0.4, -0.2) is 5.11 Å². The average Bonchev–Trinajstić information content (AvgIpc) is 3.23. The number of phenolic OH excluding ortho intramolecular Hbond substituents is 1. The summed E-state index contributed by atoms with van der Waals surface area (Å²) in [5, 5.41) is 9.37. The van der Waals surface area contributed by atoms with Crippen LogP contribution in [0.5, 0.6) is 5.75 Å². The van der Waals surface area contributed by atoms with Gasteiger partial charge in [0.25, 0.3) is 0 Å². The molecule has 0 amide bonds. The molecule has 21 heavy (non-hydrogen) atoms. The van der Waals surface area contributed by atoms with Crippen molar-refractivity contribution < 1.29 is 18.3 Å². The molecule has 0 aliphatic heterocycles. The highest BCUT2D eigenvalue weighted by atomic mass is 19.4. The minimum atomic E-state index is -4.36. The summed E-state index contributed by atoms with van der Waals surface area (Å²) in [6, 6.07) is 13.8. The Bertz CT molecular complexity index is 587. The van der Waals surface area contributed by atoms with Gasteiger partial charge in [0, 0.05) is 5.56 Å². The molecule has 0 saturated heterocycles. The normalized spacial score (nSPS) is 14.3. The van der Waals surface area contributed by atoms with Crippen molar-refractivity contribution in [2.75, 3.05) is 0 Å². The molecule has 0 radical (unpaired) electrons. The minimum Gasteiger partial charge on any atom is -0.508 e. The van der Waals surface area contributed by atoms with Crippen LogP contribution in [0, 0.1) is 6.92 Å². The number of benzene rings is 2. The molecule has 3 rings (SSSR count). The SMILES string of the molecule is Cc1ccccc1.Oc1cccc(C(F)(F)F)c1C1CC1. The predicted octanol–water partition coefficient (Wildman–Crippen LogP) is 5.28. The lowest BCUT2D eigenvalue weighted by Gasteiger charge is -2.13. The molecule has 0 bridgehead atoms. The molecular weight excluding hydrogens is 277 g/mol.